The molecule has 0 fully saturated rings. The van der Waals surface area contributed by atoms with Gasteiger partial charge in [-0.15, -0.1) is 0 Å². The average Bonchev–Trinajstić information content (AvgIpc) is 3.57. The van der Waals surface area contributed by atoms with Gasteiger partial charge in [-0.2, -0.15) is 5.10 Å². The summed E-state index contributed by atoms with van der Waals surface area (Å²) in [5, 5.41) is 8.92. The third kappa shape index (κ3) is 3.00. The molecular weight excluding hydrogens is 396 g/mol. The van der Waals surface area contributed by atoms with E-state index < -0.39 is 0 Å². The SMILES string of the molecule is CN(C)c1cncc(-c2ccc3[nH]nc(-c4cc5c(C6=CCC=C6)cccc5[nH]4)c3n2)c1. The zero-order valence-electron chi connectivity index (χ0n) is 17.9. The quantitative estimate of drug-likeness (QED) is 0.400. The van der Waals surface area contributed by atoms with E-state index in [0.717, 1.165) is 51.3 Å². The van der Waals surface area contributed by atoms with Gasteiger partial charge in [0.1, 0.15) is 11.2 Å². The third-order valence-electron chi connectivity index (χ3n) is 5.95. The van der Waals surface area contributed by atoms with Crippen LogP contribution in [-0.2, 0) is 0 Å². The van der Waals surface area contributed by atoms with E-state index in [1.54, 1.807) is 0 Å². The molecule has 0 bridgehead atoms. The van der Waals surface area contributed by atoms with Crippen LogP contribution in [0.3, 0.4) is 0 Å². The molecule has 0 aliphatic heterocycles. The molecule has 1 aromatic carbocycles. The summed E-state index contributed by atoms with van der Waals surface area (Å²) in [5.41, 5.74) is 9.98. The number of benzene rings is 1. The second kappa shape index (κ2) is 7.20. The molecule has 0 saturated heterocycles. The predicted molar refractivity (Wildman–Crippen MR) is 130 cm³/mol. The van der Waals surface area contributed by atoms with Gasteiger partial charge in [0.05, 0.1) is 28.8 Å². The van der Waals surface area contributed by atoms with Crippen molar-refractivity contribution in [2.45, 2.75) is 6.42 Å². The van der Waals surface area contributed by atoms with E-state index in [-0.39, 0.29) is 0 Å². The first-order chi connectivity index (χ1) is 15.7. The third-order valence-corrected chi connectivity index (χ3v) is 5.95. The number of pyridine rings is 2. The number of allylic oxidation sites excluding steroid dienone is 4. The molecule has 0 amide bonds. The molecule has 4 heterocycles. The topological polar surface area (TPSA) is 73.5 Å². The first kappa shape index (κ1) is 18.6. The minimum absolute atomic E-state index is 0.816. The summed E-state index contributed by atoms with van der Waals surface area (Å²) >= 11 is 0. The van der Waals surface area contributed by atoms with Crippen LogP contribution in [0.5, 0.6) is 0 Å². The monoisotopic (exact) mass is 418 g/mol. The number of anilines is 1. The second-order valence-corrected chi connectivity index (χ2v) is 8.24. The van der Waals surface area contributed by atoms with Crippen LogP contribution in [0.2, 0.25) is 0 Å². The van der Waals surface area contributed by atoms with Crippen LogP contribution in [0.1, 0.15) is 12.0 Å². The van der Waals surface area contributed by atoms with E-state index in [4.69, 9.17) is 4.98 Å². The van der Waals surface area contributed by atoms with E-state index in [2.05, 4.69) is 68.7 Å². The van der Waals surface area contributed by atoms with Crippen molar-refractivity contribution in [1.82, 2.24) is 25.1 Å². The lowest BCUT2D eigenvalue weighted by molar-refractivity contribution is 1.11. The van der Waals surface area contributed by atoms with Crippen LogP contribution >= 0.6 is 0 Å². The number of hydrogen-bond acceptors (Lipinski definition) is 4. The Morgan fingerprint density at radius 2 is 1.94 bits per heavy atom. The van der Waals surface area contributed by atoms with Crippen molar-refractivity contribution in [2.24, 2.45) is 0 Å². The lowest BCUT2D eigenvalue weighted by Gasteiger charge is -2.12. The summed E-state index contributed by atoms with van der Waals surface area (Å²) < 4.78 is 0. The van der Waals surface area contributed by atoms with E-state index in [0.29, 0.717) is 0 Å². The van der Waals surface area contributed by atoms with E-state index in [1.807, 2.05) is 43.5 Å². The molecule has 32 heavy (non-hydrogen) atoms. The highest BCUT2D eigenvalue weighted by atomic mass is 15.1. The van der Waals surface area contributed by atoms with Crippen LogP contribution < -0.4 is 4.90 Å². The maximum absolute atomic E-state index is 4.96. The summed E-state index contributed by atoms with van der Waals surface area (Å²) in [4.78, 5) is 14.9. The molecule has 0 atom stereocenters. The fraction of sp³-hybridized carbons (Fsp3) is 0.115. The number of nitrogens with one attached hydrogen (secondary N) is 2. The smallest absolute Gasteiger partial charge is 0.135 e. The van der Waals surface area contributed by atoms with Crippen molar-refractivity contribution in [3.8, 4) is 22.6 Å². The maximum Gasteiger partial charge on any atom is 0.135 e. The van der Waals surface area contributed by atoms with Crippen molar-refractivity contribution in [3.05, 3.63) is 78.6 Å². The fourth-order valence-electron chi connectivity index (χ4n) is 4.25. The highest BCUT2D eigenvalue weighted by Gasteiger charge is 2.16. The molecule has 5 aromatic rings. The molecule has 6 rings (SSSR count). The summed E-state index contributed by atoms with van der Waals surface area (Å²) in [5.74, 6) is 0. The Morgan fingerprint density at radius 1 is 1.00 bits per heavy atom. The second-order valence-electron chi connectivity index (χ2n) is 8.24. The summed E-state index contributed by atoms with van der Waals surface area (Å²) in [6.07, 6.45) is 11.3. The molecule has 1 aliphatic rings. The Morgan fingerprint density at radius 3 is 2.78 bits per heavy atom. The molecule has 1 aliphatic carbocycles. The largest absolute Gasteiger partial charge is 0.376 e. The van der Waals surface area contributed by atoms with Gasteiger partial charge < -0.3 is 9.88 Å². The molecule has 6 heteroatoms. The van der Waals surface area contributed by atoms with Gasteiger partial charge in [0, 0.05) is 36.8 Å². The van der Waals surface area contributed by atoms with Crippen molar-refractivity contribution in [3.63, 3.8) is 0 Å². The van der Waals surface area contributed by atoms with Crippen LogP contribution in [0.15, 0.2) is 73.1 Å². The van der Waals surface area contributed by atoms with Crippen LogP contribution in [-0.4, -0.2) is 39.2 Å². The van der Waals surface area contributed by atoms with Crippen molar-refractivity contribution in [2.75, 3.05) is 19.0 Å². The van der Waals surface area contributed by atoms with Gasteiger partial charge in [-0.1, -0.05) is 30.4 Å². The summed E-state index contributed by atoms with van der Waals surface area (Å²) in [7, 11) is 4.01. The van der Waals surface area contributed by atoms with Crippen LogP contribution in [0, 0.1) is 0 Å². The highest BCUT2D eigenvalue weighted by Crippen LogP contribution is 2.34. The lowest BCUT2D eigenvalue weighted by Crippen LogP contribution is -2.08. The molecule has 0 radical (unpaired) electrons. The molecular formula is C26H22N6. The number of aromatic nitrogens is 5. The zero-order chi connectivity index (χ0) is 21.7. The Kier molecular flexibility index (Phi) is 4.18. The van der Waals surface area contributed by atoms with Gasteiger partial charge in [0.15, 0.2) is 0 Å². The first-order valence-electron chi connectivity index (χ1n) is 10.6. The average molecular weight is 419 g/mol. The summed E-state index contributed by atoms with van der Waals surface area (Å²) in [6, 6.07) is 14.7. The Hall–Kier alpha value is -4.19. The van der Waals surface area contributed by atoms with Crippen LogP contribution in [0.4, 0.5) is 5.69 Å². The van der Waals surface area contributed by atoms with Gasteiger partial charge >= 0.3 is 0 Å². The van der Waals surface area contributed by atoms with Gasteiger partial charge in [-0.05, 0) is 47.9 Å². The van der Waals surface area contributed by atoms with E-state index >= 15 is 0 Å². The molecule has 2 N–H and O–H groups in total. The van der Waals surface area contributed by atoms with Gasteiger partial charge in [0.25, 0.3) is 0 Å². The van der Waals surface area contributed by atoms with Crippen molar-refractivity contribution >= 4 is 33.2 Å². The number of nitrogens with zero attached hydrogens (tertiary/aromatic N) is 4. The van der Waals surface area contributed by atoms with E-state index in [1.165, 1.54) is 16.5 Å². The number of rotatable bonds is 4. The maximum atomic E-state index is 4.96. The van der Waals surface area contributed by atoms with Gasteiger partial charge in [0.2, 0.25) is 0 Å². The number of fused-ring (bicyclic) bond motifs is 2. The van der Waals surface area contributed by atoms with Crippen molar-refractivity contribution in [1.29, 1.82) is 0 Å². The molecule has 4 aromatic heterocycles. The standard InChI is InChI=1S/C26H22N6/c1-32(2)18-12-17(14-27-15-18)21-10-11-23-25(29-21)26(31-30-23)24-13-20-19(16-6-3-4-7-16)8-5-9-22(20)28-24/h3,5-15,28H,4H2,1-2H3,(H,30,31). The Balaban J connectivity index is 1.48. The Bertz CT molecular complexity index is 1530. The zero-order valence-corrected chi connectivity index (χ0v) is 17.9. The van der Waals surface area contributed by atoms with Gasteiger partial charge in [-0.3, -0.25) is 10.1 Å². The normalized spacial score (nSPS) is 13.2. The number of hydrogen-bond donors (Lipinski definition) is 2. The minimum atomic E-state index is 0.816. The minimum Gasteiger partial charge on any atom is -0.376 e. The van der Waals surface area contributed by atoms with Crippen LogP contribution in [0.25, 0.3) is 50.2 Å². The molecule has 6 nitrogen and oxygen atoms in total. The number of aromatic amines is 2. The molecule has 0 saturated carbocycles. The number of H-pyrrole nitrogens is 2. The predicted octanol–water partition coefficient (Wildman–Crippen LogP) is 5.58. The lowest BCUT2D eigenvalue weighted by atomic mass is 10.0. The highest BCUT2D eigenvalue weighted by molar-refractivity contribution is 6.00. The molecule has 0 unspecified atom stereocenters. The molecule has 156 valence electrons. The summed E-state index contributed by atoms with van der Waals surface area (Å²) in [6.45, 7) is 0. The molecule has 0 spiro atoms. The van der Waals surface area contributed by atoms with Gasteiger partial charge in [-0.25, -0.2) is 4.98 Å². The first-order valence-corrected chi connectivity index (χ1v) is 10.6. The fourth-order valence-corrected chi connectivity index (χ4v) is 4.25. The van der Waals surface area contributed by atoms with Crippen molar-refractivity contribution < 1.29 is 0 Å². The van der Waals surface area contributed by atoms with E-state index in [9.17, 15) is 0 Å². The Labute approximate surface area is 185 Å².